The molecule has 0 radical (unpaired) electrons. The van der Waals surface area contributed by atoms with Crippen LogP contribution in [0.1, 0.15) is 50.0 Å². The van der Waals surface area contributed by atoms with E-state index in [0.29, 0.717) is 11.5 Å². The van der Waals surface area contributed by atoms with Crippen molar-refractivity contribution in [3.8, 4) is 0 Å². The van der Waals surface area contributed by atoms with Gasteiger partial charge < -0.3 is 10.2 Å². The van der Waals surface area contributed by atoms with Gasteiger partial charge in [0.05, 0.1) is 12.4 Å². The molecule has 1 heterocycles. The van der Waals surface area contributed by atoms with Crippen molar-refractivity contribution in [1.82, 2.24) is 14.9 Å². The molecule has 0 saturated heterocycles. The number of hydrogen-bond donors (Lipinski definition) is 1. The first-order valence-electron chi connectivity index (χ1n) is 7.00. The third-order valence-electron chi connectivity index (χ3n) is 2.87. The van der Waals surface area contributed by atoms with Crippen LogP contribution in [0.3, 0.4) is 0 Å². The van der Waals surface area contributed by atoms with Crippen LogP contribution in [0.5, 0.6) is 0 Å². The fraction of sp³-hybridized carbons (Fsp3) is 0.643. The van der Waals surface area contributed by atoms with Crippen LogP contribution in [0, 0.1) is 0 Å². The number of unbranched alkanes of at least 4 members (excludes halogenated alkanes) is 2. The maximum Gasteiger partial charge on any atom is 0.273 e. The van der Waals surface area contributed by atoms with Gasteiger partial charge >= 0.3 is 0 Å². The minimum atomic E-state index is -0.0642. The van der Waals surface area contributed by atoms with Crippen molar-refractivity contribution in [1.29, 1.82) is 0 Å². The van der Waals surface area contributed by atoms with Crippen LogP contribution < -0.4 is 5.32 Å². The van der Waals surface area contributed by atoms with Crippen molar-refractivity contribution < 1.29 is 4.79 Å². The van der Waals surface area contributed by atoms with Gasteiger partial charge in [0.2, 0.25) is 0 Å². The third kappa shape index (κ3) is 5.24. The molecule has 0 bridgehead atoms. The second kappa shape index (κ2) is 8.45. The molecule has 19 heavy (non-hydrogen) atoms. The van der Waals surface area contributed by atoms with Crippen molar-refractivity contribution in [3.05, 3.63) is 18.1 Å². The Morgan fingerprint density at radius 1 is 1.21 bits per heavy atom. The molecule has 0 aliphatic heterocycles. The quantitative estimate of drug-likeness (QED) is 0.733. The monoisotopic (exact) mass is 264 g/mol. The van der Waals surface area contributed by atoms with Gasteiger partial charge in [-0.3, -0.25) is 4.79 Å². The van der Waals surface area contributed by atoms with Gasteiger partial charge in [-0.25, -0.2) is 9.97 Å². The lowest BCUT2D eigenvalue weighted by Crippen LogP contribution is -2.28. The van der Waals surface area contributed by atoms with E-state index >= 15 is 0 Å². The first kappa shape index (κ1) is 15.4. The molecule has 0 unspecified atom stereocenters. The summed E-state index contributed by atoms with van der Waals surface area (Å²) in [4.78, 5) is 22.1. The molecule has 106 valence electrons. The first-order valence-corrected chi connectivity index (χ1v) is 7.00. The Morgan fingerprint density at radius 2 is 2.00 bits per heavy atom. The number of anilines is 1. The average Bonchev–Trinajstić information content (AvgIpc) is 2.45. The van der Waals surface area contributed by atoms with Crippen LogP contribution in [0.15, 0.2) is 12.4 Å². The number of aromatic nitrogens is 2. The van der Waals surface area contributed by atoms with Crippen LogP contribution in [-0.4, -0.2) is 40.9 Å². The SMILES string of the molecule is CCCCCN(C)C(=O)c1cnc(NCCC)cn1. The number of nitrogens with zero attached hydrogens (tertiary/aromatic N) is 3. The summed E-state index contributed by atoms with van der Waals surface area (Å²) < 4.78 is 0. The van der Waals surface area contributed by atoms with Crippen molar-refractivity contribution in [2.24, 2.45) is 0 Å². The third-order valence-corrected chi connectivity index (χ3v) is 2.87. The highest BCUT2D eigenvalue weighted by atomic mass is 16.2. The minimum absolute atomic E-state index is 0.0642. The summed E-state index contributed by atoms with van der Waals surface area (Å²) in [6.45, 7) is 5.86. The van der Waals surface area contributed by atoms with E-state index in [9.17, 15) is 4.79 Å². The van der Waals surface area contributed by atoms with Crippen LogP contribution in [0.2, 0.25) is 0 Å². The minimum Gasteiger partial charge on any atom is -0.369 e. The molecule has 0 atom stereocenters. The fourth-order valence-corrected chi connectivity index (χ4v) is 1.68. The summed E-state index contributed by atoms with van der Waals surface area (Å²) in [5.41, 5.74) is 0.404. The van der Waals surface area contributed by atoms with Crippen LogP contribution in [0.4, 0.5) is 5.82 Å². The standard InChI is InChI=1S/C14H24N4O/c1-4-6-7-9-18(3)14(19)12-10-17-13(11-16-12)15-8-5-2/h10-11H,4-9H2,1-3H3,(H,15,17). The highest BCUT2D eigenvalue weighted by Gasteiger charge is 2.12. The van der Waals surface area contributed by atoms with E-state index in [4.69, 9.17) is 0 Å². The van der Waals surface area contributed by atoms with Gasteiger partial charge in [0.1, 0.15) is 11.5 Å². The zero-order chi connectivity index (χ0) is 14.1. The molecule has 0 aliphatic rings. The Labute approximate surface area is 115 Å². The summed E-state index contributed by atoms with van der Waals surface area (Å²) in [7, 11) is 1.81. The van der Waals surface area contributed by atoms with E-state index in [1.165, 1.54) is 6.20 Å². The fourth-order valence-electron chi connectivity index (χ4n) is 1.68. The molecular weight excluding hydrogens is 240 g/mol. The number of carbonyl (C=O) groups excluding carboxylic acids is 1. The van der Waals surface area contributed by atoms with E-state index in [2.05, 4.69) is 29.1 Å². The molecule has 0 spiro atoms. The number of amides is 1. The molecule has 5 heteroatoms. The molecular formula is C14H24N4O. The van der Waals surface area contributed by atoms with Gasteiger partial charge in [-0.15, -0.1) is 0 Å². The highest BCUT2D eigenvalue weighted by molar-refractivity contribution is 5.91. The highest BCUT2D eigenvalue weighted by Crippen LogP contribution is 2.05. The Hall–Kier alpha value is -1.65. The summed E-state index contributed by atoms with van der Waals surface area (Å²) in [6, 6.07) is 0. The molecule has 5 nitrogen and oxygen atoms in total. The molecule has 0 fully saturated rings. The largest absolute Gasteiger partial charge is 0.369 e. The van der Waals surface area contributed by atoms with Gasteiger partial charge in [0.25, 0.3) is 5.91 Å². The molecule has 1 N–H and O–H groups in total. The normalized spacial score (nSPS) is 10.3. The number of rotatable bonds is 8. The Morgan fingerprint density at radius 3 is 2.58 bits per heavy atom. The van der Waals surface area contributed by atoms with Crippen molar-refractivity contribution >= 4 is 11.7 Å². The van der Waals surface area contributed by atoms with E-state index in [1.54, 1.807) is 11.1 Å². The Balaban J connectivity index is 2.52. The zero-order valence-corrected chi connectivity index (χ0v) is 12.1. The smallest absolute Gasteiger partial charge is 0.273 e. The van der Waals surface area contributed by atoms with Crippen LogP contribution in [-0.2, 0) is 0 Å². The lowest BCUT2D eigenvalue weighted by molar-refractivity contribution is 0.0786. The van der Waals surface area contributed by atoms with E-state index in [1.807, 2.05) is 7.05 Å². The number of hydrogen-bond acceptors (Lipinski definition) is 4. The second-order valence-electron chi connectivity index (χ2n) is 4.65. The van der Waals surface area contributed by atoms with Gasteiger partial charge in [0.15, 0.2) is 0 Å². The summed E-state index contributed by atoms with van der Waals surface area (Å²) in [5, 5.41) is 3.13. The van der Waals surface area contributed by atoms with E-state index in [-0.39, 0.29) is 5.91 Å². The zero-order valence-electron chi connectivity index (χ0n) is 12.1. The molecule has 1 amide bonds. The molecule has 1 aromatic heterocycles. The van der Waals surface area contributed by atoms with Crippen LogP contribution in [0.25, 0.3) is 0 Å². The Kier molecular flexibility index (Phi) is 6.85. The van der Waals surface area contributed by atoms with Crippen LogP contribution >= 0.6 is 0 Å². The lowest BCUT2D eigenvalue weighted by atomic mass is 10.2. The maximum atomic E-state index is 12.1. The van der Waals surface area contributed by atoms with E-state index < -0.39 is 0 Å². The second-order valence-corrected chi connectivity index (χ2v) is 4.65. The van der Waals surface area contributed by atoms with Gasteiger partial charge in [-0.05, 0) is 12.8 Å². The number of nitrogens with one attached hydrogen (secondary N) is 1. The number of carbonyl (C=O) groups is 1. The van der Waals surface area contributed by atoms with E-state index in [0.717, 1.165) is 38.8 Å². The summed E-state index contributed by atoms with van der Waals surface area (Å²) in [5.74, 6) is 0.651. The molecule has 0 aliphatic carbocycles. The molecule has 0 saturated carbocycles. The van der Waals surface area contributed by atoms with Crippen molar-refractivity contribution in [2.75, 3.05) is 25.5 Å². The molecule has 0 aromatic carbocycles. The molecule has 1 rings (SSSR count). The van der Waals surface area contributed by atoms with Crippen molar-refractivity contribution in [3.63, 3.8) is 0 Å². The predicted molar refractivity (Wildman–Crippen MR) is 77.3 cm³/mol. The summed E-state index contributed by atoms with van der Waals surface area (Å²) >= 11 is 0. The van der Waals surface area contributed by atoms with Gasteiger partial charge in [-0.1, -0.05) is 26.7 Å². The van der Waals surface area contributed by atoms with Crippen molar-refractivity contribution in [2.45, 2.75) is 39.5 Å². The van der Waals surface area contributed by atoms with Gasteiger partial charge in [-0.2, -0.15) is 0 Å². The predicted octanol–water partition coefficient (Wildman–Crippen LogP) is 2.56. The topological polar surface area (TPSA) is 58.1 Å². The maximum absolute atomic E-state index is 12.1. The lowest BCUT2D eigenvalue weighted by Gasteiger charge is -2.16. The summed E-state index contributed by atoms with van der Waals surface area (Å²) in [6.07, 6.45) is 7.51. The Bertz CT molecular complexity index is 378. The first-order chi connectivity index (χ1) is 9.19. The average molecular weight is 264 g/mol. The molecule has 1 aromatic rings. The van der Waals surface area contributed by atoms with Gasteiger partial charge in [0, 0.05) is 20.1 Å².